The Bertz CT molecular complexity index is 1480. The normalized spacial score (nSPS) is 20.2. The maximum absolute atomic E-state index is 2.54. The van der Waals surface area contributed by atoms with E-state index in [0.29, 0.717) is 5.92 Å². The lowest BCUT2D eigenvalue weighted by molar-refractivity contribution is 0.387. The minimum absolute atomic E-state index is 0.0279. The van der Waals surface area contributed by atoms with Crippen molar-refractivity contribution in [1.29, 1.82) is 0 Å². The first-order chi connectivity index (χ1) is 16.1. The molecule has 0 aromatic heterocycles. The number of rotatable bonds is 3. The van der Waals surface area contributed by atoms with Crippen molar-refractivity contribution in [1.82, 2.24) is 0 Å². The van der Waals surface area contributed by atoms with Crippen molar-refractivity contribution in [3.63, 3.8) is 0 Å². The molecule has 0 amide bonds. The molecule has 0 radical (unpaired) electrons. The van der Waals surface area contributed by atoms with Gasteiger partial charge in [-0.2, -0.15) is 0 Å². The Morgan fingerprint density at radius 3 is 2.15 bits per heavy atom. The third-order valence-electron chi connectivity index (χ3n) is 8.51. The van der Waals surface area contributed by atoms with Crippen molar-refractivity contribution in [3.8, 4) is 11.1 Å². The largest absolute Gasteiger partial charge is 0.0796 e. The summed E-state index contributed by atoms with van der Waals surface area (Å²) >= 11 is 0. The molecule has 2 aliphatic carbocycles. The molecule has 0 N–H and O–H groups in total. The molecule has 0 spiro atoms. The van der Waals surface area contributed by atoms with E-state index < -0.39 is 0 Å². The molecule has 6 rings (SSSR count). The van der Waals surface area contributed by atoms with E-state index in [1.54, 1.807) is 5.56 Å². The molecule has 0 saturated heterocycles. The number of unbranched alkanes of at least 4 members (excludes halogenated alkanes) is 1. The second-order valence-corrected chi connectivity index (χ2v) is 10.2. The van der Waals surface area contributed by atoms with Gasteiger partial charge in [-0.05, 0) is 86.7 Å². The first-order valence-electron chi connectivity index (χ1n) is 12.5. The van der Waals surface area contributed by atoms with Crippen LogP contribution >= 0.6 is 0 Å². The van der Waals surface area contributed by atoms with E-state index in [2.05, 4.69) is 107 Å². The number of hydrogen-bond acceptors (Lipinski definition) is 0. The lowest BCUT2D eigenvalue weighted by Gasteiger charge is -2.39. The molecular weight excluding hydrogens is 396 g/mol. The molecule has 164 valence electrons. The predicted molar refractivity (Wildman–Crippen MR) is 144 cm³/mol. The topological polar surface area (TPSA) is 0 Å². The smallest absolute Gasteiger partial charge is 0.0261 e. The second kappa shape index (κ2) is 7.45. The summed E-state index contributed by atoms with van der Waals surface area (Å²) < 4.78 is 0. The zero-order valence-electron chi connectivity index (χ0n) is 20.2. The van der Waals surface area contributed by atoms with Crippen LogP contribution in [0.15, 0.2) is 72.8 Å². The van der Waals surface area contributed by atoms with E-state index in [-0.39, 0.29) is 5.41 Å². The first kappa shape index (κ1) is 20.5. The Kier molecular flexibility index (Phi) is 4.63. The van der Waals surface area contributed by atoms with E-state index in [1.807, 2.05) is 0 Å². The average Bonchev–Trinajstić information content (AvgIpc) is 3.09. The van der Waals surface area contributed by atoms with Gasteiger partial charge in [-0.3, -0.25) is 0 Å². The third kappa shape index (κ3) is 2.76. The van der Waals surface area contributed by atoms with Crippen molar-refractivity contribution in [2.24, 2.45) is 5.92 Å². The lowest BCUT2D eigenvalue weighted by atomic mass is 9.64. The molecule has 0 heterocycles. The van der Waals surface area contributed by atoms with E-state index in [0.717, 1.165) is 0 Å². The van der Waals surface area contributed by atoms with Crippen molar-refractivity contribution < 1.29 is 0 Å². The van der Waals surface area contributed by atoms with Gasteiger partial charge in [0.05, 0.1) is 0 Å². The van der Waals surface area contributed by atoms with Crippen molar-refractivity contribution in [2.45, 2.75) is 52.4 Å². The third-order valence-corrected chi connectivity index (χ3v) is 8.51. The highest BCUT2D eigenvalue weighted by atomic mass is 14.5. The molecule has 2 atom stereocenters. The highest BCUT2D eigenvalue weighted by Gasteiger charge is 2.47. The molecule has 0 heteroatoms. The molecule has 0 fully saturated rings. The summed E-state index contributed by atoms with van der Waals surface area (Å²) in [5.41, 5.74) is 10.1. The quantitative estimate of drug-likeness (QED) is 0.305. The number of hydrogen-bond donors (Lipinski definition) is 0. The summed E-state index contributed by atoms with van der Waals surface area (Å²) in [4.78, 5) is 0. The minimum Gasteiger partial charge on any atom is -0.0796 e. The Morgan fingerprint density at radius 1 is 0.758 bits per heavy atom. The van der Waals surface area contributed by atoms with Crippen molar-refractivity contribution in [2.75, 3.05) is 0 Å². The van der Waals surface area contributed by atoms with Gasteiger partial charge in [-0.1, -0.05) is 106 Å². The van der Waals surface area contributed by atoms with Crippen LogP contribution in [0.5, 0.6) is 0 Å². The highest BCUT2D eigenvalue weighted by molar-refractivity contribution is 6.02. The van der Waals surface area contributed by atoms with Gasteiger partial charge in [0.1, 0.15) is 0 Å². The molecule has 2 aliphatic rings. The Labute approximate surface area is 197 Å². The standard InChI is InChI=1S/C33H32/c1-5-6-13-26-20-19-25-12-9-16-29-30-27-14-7-10-23(21(27)2)17-18-24-11-8-15-28(22(24)3)32(30)33(26,4)31(25)29/h7-12,14-20,26H,5-6,13H2,1-4H3/t26-,33-/m1/s1. The van der Waals surface area contributed by atoms with Crippen LogP contribution in [0.1, 0.15) is 60.9 Å². The summed E-state index contributed by atoms with van der Waals surface area (Å²) in [5, 5.41) is 5.44. The van der Waals surface area contributed by atoms with Gasteiger partial charge in [0.15, 0.2) is 0 Å². The minimum atomic E-state index is -0.0279. The SMILES string of the molecule is CCCC[C@@H]1C=Cc2cccc3c2[C@]1(C)c1c-3c2cccc(ccc3cccc1c3C)c2C. The van der Waals surface area contributed by atoms with E-state index in [4.69, 9.17) is 0 Å². The summed E-state index contributed by atoms with van der Waals surface area (Å²) in [7, 11) is 0. The monoisotopic (exact) mass is 428 g/mol. The first-order valence-corrected chi connectivity index (χ1v) is 12.5. The maximum atomic E-state index is 2.54. The number of fused-ring (bicyclic) bond motifs is 9. The van der Waals surface area contributed by atoms with E-state index in [1.165, 1.54) is 74.2 Å². The van der Waals surface area contributed by atoms with Crippen LogP contribution in [0.4, 0.5) is 0 Å². The van der Waals surface area contributed by atoms with Crippen LogP contribution in [0.3, 0.4) is 0 Å². The molecular formula is C33H32. The molecule has 0 aliphatic heterocycles. The summed E-state index contributed by atoms with van der Waals surface area (Å²) in [6.07, 6.45) is 8.64. The maximum Gasteiger partial charge on any atom is 0.0261 e. The number of benzene rings is 3. The molecule has 0 saturated carbocycles. The summed E-state index contributed by atoms with van der Waals surface area (Å²) in [6, 6.07) is 25.3. The molecule has 4 aromatic rings. The summed E-state index contributed by atoms with van der Waals surface area (Å²) in [6.45, 7) is 9.46. The average molecular weight is 429 g/mol. The fourth-order valence-electron chi connectivity index (χ4n) is 6.69. The zero-order valence-corrected chi connectivity index (χ0v) is 20.2. The van der Waals surface area contributed by atoms with Crippen LogP contribution in [0, 0.1) is 19.8 Å². The molecule has 33 heavy (non-hydrogen) atoms. The van der Waals surface area contributed by atoms with Gasteiger partial charge in [0, 0.05) is 5.41 Å². The Morgan fingerprint density at radius 2 is 1.42 bits per heavy atom. The van der Waals surface area contributed by atoms with Crippen LogP contribution in [0.2, 0.25) is 0 Å². The molecule has 4 bridgehead atoms. The molecule has 4 aromatic carbocycles. The van der Waals surface area contributed by atoms with Crippen molar-refractivity contribution in [3.05, 3.63) is 101 Å². The van der Waals surface area contributed by atoms with E-state index in [9.17, 15) is 0 Å². The van der Waals surface area contributed by atoms with Crippen molar-refractivity contribution >= 4 is 27.6 Å². The van der Waals surface area contributed by atoms with Crippen LogP contribution < -0.4 is 0 Å². The van der Waals surface area contributed by atoms with Gasteiger partial charge >= 0.3 is 0 Å². The predicted octanol–water partition coefficient (Wildman–Crippen LogP) is 9.29. The molecule has 0 unspecified atom stereocenters. The van der Waals surface area contributed by atoms with E-state index >= 15 is 0 Å². The fraction of sp³-hybridized carbons (Fsp3) is 0.273. The highest BCUT2D eigenvalue weighted by Crippen LogP contribution is 2.59. The van der Waals surface area contributed by atoms with Crippen LogP contribution in [0.25, 0.3) is 38.7 Å². The number of aryl methyl sites for hydroxylation is 2. The lowest BCUT2D eigenvalue weighted by Crippen LogP contribution is -2.33. The van der Waals surface area contributed by atoms with Gasteiger partial charge < -0.3 is 0 Å². The van der Waals surface area contributed by atoms with Crippen LogP contribution in [-0.4, -0.2) is 0 Å². The van der Waals surface area contributed by atoms with Gasteiger partial charge in [0.2, 0.25) is 0 Å². The Hall–Kier alpha value is -3.12. The fourth-order valence-corrected chi connectivity index (χ4v) is 6.69. The summed E-state index contributed by atoms with van der Waals surface area (Å²) in [5.74, 6) is 0.503. The Balaban J connectivity index is 1.89. The number of allylic oxidation sites excluding steroid dienone is 1. The van der Waals surface area contributed by atoms with Gasteiger partial charge in [-0.25, -0.2) is 0 Å². The van der Waals surface area contributed by atoms with Gasteiger partial charge in [-0.15, -0.1) is 0 Å². The zero-order chi connectivity index (χ0) is 22.7. The van der Waals surface area contributed by atoms with Crippen LogP contribution in [-0.2, 0) is 5.41 Å². The molecule has 0 nitrogen and oxygen atoms in total. The second-order valence-electron chi connectivity index (χ2n) is 10.2. The van der Waals surface area contributed by atoms with Gasteiger partial charge in [0.25, 0.3) is 0 Å².